The predicted octanol–water partition coefficient (Wildman–Crippen LogP) is 0.899. The summed E-state index contributed by atoms with van der Waals surface area (Å²) in [5.74, 6) is 0. The Hall–Kier alpha value is -1.75. The zero-order valence-electron chi connectivity index (χ0n) is 11.3. The van der Waals surface area contributed by atoms with Crippen LogP contribution < -0.4 is 10.2 Å². The first-order valence-corrected chi connectivity index (χ1v) is 7.32. The van der Waals surface area contributed by atoms with Crippen LogP contribution in [0, 0.1) is 11.5 Å². The lowest BCUT2D eigenvalue weighted by Gasteiger charge is -2.22. The van der Waals surface area contributed by atoms with E-state index in [4.69, 9.17) is 15.5 Å². The second-order valence-electron chi connectivity index (χ2n) is 3.81. The maximum absolute atomic E-state index is 9.00. The predicted molar refractivity (Wildman–Crippen MR) is 82.2 cm³/mol. The van der Waals surface area contributed by atoms with E-state index in [0.29, 0.717) is 18.3 Å². The molecule has 0 unspecified atom stereocenters. The minimum atomic E-state index is 0.0304. The van der Waals surface area contributed by atoms with Crippen LogP contribution >= 0.6 is 11.8 Å². The van der Waals surface area contributed by atoms with Crippen LogP contribution in [0.2, 0.25) is 0 Å². The first-order valence-electron chi connectivity index (χ1n) is 6.09. The molecule has 0 saturated heterocycles. The van der Waals surface area contributed by atoms with Crippen LogP contribution in [-0.4, -0.2) is 47.9 Å². The molecule has 3 N–H and O–H groups in total. The van der Waals surface area contributed by atoms with Gasteiger partial charge in [-0.1, -0.05) is 11.8 Å². The molecule has 1 aromatic rings. The van der Waals surface area contributed by atoms with Crippen molar-refractivity contribution in [1.29, 1.82) is 5.26 Å². The third-order valence-electron chi connectivity index (χ3n) is 2.54. The van der Waals surface area contributed by atoms with Gasteiger partial charge in [-0.3, -0.25) is 5.32 Å². The normalized spacial score (nSPS) is 11.0. The number of aliphatic hydroxyl groups excluding tert-OH is 2. The van der Waals surface area contributed by atoms with Crippen molar-refractivity contribution < 1.29 is 10.2 Å². The quantitative estimate of drug-likeness (QED) is 0.312. The Morgan fingerprint density at radius 1 is 1.30 bits per heavy atom. The van der Waals surface area contributed by atoms with Crippen molar-refractivity contribution in [2.45, 2.75) is 0 Å². The van der Waals surface area contributed by atoms with E-state index in [0.717, 1.165) is 11.4 Å². The molecule has 0 aliphatic rings. The van der Waals surface area contributed by atoms with Crippen molar-refractivity contribution >= 4 is 28.3 Å². The summed E-state index contributed by atoms with van der Waals surface area (Å²) in [6.07, 6.45) is 3.67. The van der Waals surface area contributed by atoms with Crippen molar-refractivity contribution in [3.05, 3.63) is 24.3 Å². The lowest BCUT2D eigenvalue weighted by atomic mass is 10.2. The fourth-order valence-electron chi connectivity index (χ4n) is 1.64. The molecule has 7 heteroatoms. The van der Waals surface area contributed by atoms with Gasteiger partial charge in [0.1, 0.15) is 0 Å². The molecular formula is C13H18N4O2S. The Labute approximate surface area is 122 Å². The number of nitrogens with one attached hydrogen (secondary N) is 1. The van der Waals surface area contributed by atoms with E-state index in [-0.39, 0.29) is 13.2 Å². The third-order valence-corrected chi connectivity index (χ3v) is 3.12. The summed E-state index contributed by atoms with van der Waals surface area (Å²) in [4.78, 5) is 6.17. The Bertz CT molecular complexity index is 464. The molecule has 0 saturated carbocycles. The van der Waals surface area contributed by atoms with Crippen LogP contribution in [0.25, 0.3) is 0 Å². The van der Waals surface area contributed by atoms with E-state index < -0.39 is 0 Å². The van der Waals surface area contributed by atoms with Gasteiger partial charge in [0.2, 0.25) is 0 Å². The number of thioether (sulfide) groups is 1. The van der Waals surface area contributed by atoms with Crippen LogP contribution in [0.5, 0.6) is 0 Å². The highest BCUT2D eigenvalue weighted by molar-refractivity contribution is 8.13. The fourth-order valence-corrected chi connectivity index (χ4v) is 1.98. The van der Waals surface area contributed by atoms with Gasteiger partial charge in [-0.05, 0) is 30.5 Å². The molecule has 6 nitrogen and oxygen atoms in total. The highest BCUT2D eigenvalue weighted by atomic mass is 32.2. The second kappa shape index (κ2) is 9.20. The Morgan fingerprint density at radius 3 is 2.35 bits per heavy atom. The van der Waals surface area contributed by atoms with Crippen LogP contribution in [0.3, 0.4) is 0 Å². The van der Waals surface area contributed by atoms with Crippen molar-refractivity contribution in [2.24, 2.45) is 4.99 Å². The molecule has 20 heavy (non-hydrogen) atoms. The van der Waals surface area contributed by atoms with Crippen molar-refractivity contribution in [2.75, 3.05) is 37.5 Å². The Morgan fingerprint density at radius 2 is 1.90 bits per heavy atom. The zero-order valence-corrected chi connectivity index (χ0v) is 12.1. The van der Waals surface area contributed by atoms with Crippen molar-refractivity contribution in [1.82, 2.24) is 5.32 Å². The molecule has 0 heterocycles. The molecular weight excluding hydrogens is 276 g/mol. The molecule has 0 radical (unpaired) electrons. The van der Waals surface area contributed by atoms with E-state index in [1.807, 2.05) is 41.6 Å². The van der Waals surface area contributed by atoms with Gasteiger partial charge in [0.25, 0.3) is 0 Å². The van der Waals surface area contributed by atoms with Crippen molar-refractivity contribution in [3.8, 4) is 6.19 Å². The highest BCUT2D eigenvalue weighted by Gasteiger charge is 2.05. The van der Waals surface area contributed by atoms with Crippen LogP contribution in [-0.2, 0) is 0 Å². The molecule has 108 valence electrons. The number of hydrogen-bond donors (Lipinski definition) is 3. The summed E-state index contributed by atoms with van der Waals surface area (Å²) in [6.45, 7) is 0.996. The molecule has 0 aliphatic carbocycles. The fraction of sp³-hybridized carbons (Fsp3) is 0.385. The van der Waals surface area contributed by atoms with Gasteiger partial charge >= 0.3 is 0 Å². The second-order valence-corrected chi connectivity index (χ2v) is 4.60. The SMILES string of the molecule is CSC(=Nc1ccc(N(CCO)CCO)cc1)NC#N. The average Bonchev–Trinajstić information content (AvgIpc) is 2.47. The first-order chi connectivity index (χ1) is 9.74. The largest absolute Gasteiger partial charge is 0.395 e. The number of nitrogens with zero attached hydrogens (tertiary/aromatic N) is 3. The summed E-state index contributed by atoms with van der Waals surface area (Å²) >= 11 is 1.36. The summed E-state index contributed by atoms with van der Waals surface area (Å²) < 4.78 is 0. The van der Waals surface area contributed by atoms with E-state index in [1.54, 1.807) is 0 Å². The number of hydrogen-bond acceptors (Lipinski definition) is 6. The number of rotatable bonds is 6. The number of anilines is 1. The number of aliphatic hydroxyl groups is 2. The number of aliphatic imine (C=N–C) groups is 1. The molecule has 0 atom stereocenters. The van der Waals surface area contributed by atoms with E-state index in [9.17, 15) is 0 Å². The van der Waals surface area contributed by atoms with E-state index >= 15 is 0 Å². The number of amidine groups is 1. The standard InChI is InChI=1S/C13H18N4O2S/c1-20-13(15-10-14)16-11-2-4-12(5-3-11)17(6-8-18)7-9-19/h2-5,18-19H,6-9H2,1H3,(H,15,16). The topological polar surface area (TPSA) is 91.9 Å². The first kappa shape index (κ1) is 16.3. The number of benzene rings is 1. The zero-order chi connectivity index (χ0) is 14.8. The Balaban J connectivity index is 2.84. The molecule has 0 amide bonds. The average molecular weight is 294 g/mol. The van der Waals surface area contributed by atoms with Crippen LogP contribution in [0.1, 0.15) is 0 Å². The van der Waals surface area contributed by atoms with E-state index in [1.165, 1.54) is 11.8 Å². The van der Waals surface area contributed by atoms with Gasteiger partial charge in [-0.2, -0.15) is 5.26 Å². The molecule has 0 aliphatic heterocycles. The van der Waals surface area contributed by atoms with Gasteiger partial charge in [-0.15, -0.1) is 0 Å². The smallest absolute Gasteiger partial charge is 0.183 e. The minimum Gasteiger partial charge on any atom is -0.395 e. The molecule has 1 rings (SSSR count). The van der Waals surface area contributed by atoms with Gasteiger partial charge in [0.05, 0.1) is 18.9 Å². The van der Waals surface area contributed by atoms with E-state index in [2.05, 4.69) is 10.3 Å². The molecule has 1 aromatic carbocycles. The van der Waals surface area contributed by atoms with Crippen LogP contribution in [0.4, 0.5) is 11.4 Å². The monoisotopic (exact) mass is 294 g/mol. The summed E-state index contributed by atoms with van der Waals surface area (Å²) in [6, 6.07) is 7.39. The lowest BCUT2D eigenvalue weighted by molar-refractivity contribution is 0.281. The molecule has 0 bridgehead atoms. The van der Waals surface area contributed by atoms with Gasteiger partial charge in [-0.25, -0.2) is 4.99 Å². The highest BCUT2D eigenvalue weighted by Crippen LogP contribution is 2.20. The molecule has 0 aromatic heterocycles. The summed E-state index contributed by atoms with van der Waals surface area (Å²) in [5.41, 5.74) is 1.64. The number of nitriles is 1. The van der Waals surface area contributed by atoms with Gasteiger partial charge in [0.15, 0.2) is 11.4 Å². The third kappa shape index (κ3) is 5.09. The van der Waals surface area contributed by atoms with Gasteiger partial charge in [0, 0.05) is 18.8 Å². The maximum atomic E-state index is 9.00. The van der Waals surface area contributed by atoms with Gasteiger partial charge < -0.3 is 15.1 Å². The lowest BCUT2D eigenvalue weighted by Crippen LogP contribution is -2.29. The summed E-state index contributed by atoms with van der Waals surface area (Å²) in [5, 5.41) is 29.6. The molecule has 0 fully saturated rings. The summed E-state index contributed by atoms with van der Waals surface area (Å²) in [7, 11) is 0. The van der Waals surface area contributed by atoms with Crippen LogP contribution in [0.15, 0.2) is 29.3 Å². The maximum Gasteiger partial charge on any atom is 0.183 e. The van der Waals surface area contributed by atoms with Crippen molar-refractivity contribution in [3.63, 3.8) is 0 Å². The minimum absolute atomic E-state index is 0.0304. The Kier molecular flexibility index (Phi) is 7.50. The molecule has 0 spiro atoms.